The summed E-state index contributed by atoms with van der Waals surface area (Å²) in [6.45, 7) is 5.47. The zero-order chi connectivity index (χ0) is 9.68. The van der Waals surface area contributed by atoms with E-state index in [1.54, 1.807) is 0 Å². The third-order valence-corrected chi connectivity index (χ3v) is 2.32. The molecule has 0 aliphatic rings. The van der Waals surface area contributed by atoms with Gasteiger partial charge >= 0.3 is 0 Å². The predicted molar refractivity (Wildman–Crippen MR) is 60.0 cm³/mol. The van der Waals surface area contributed by atoms with Gasteiger partial charge in [0.1, 0.15) is 0 Å². The van der Waals surface area contributed by atoms with Crippen molar-refractivity contribution in [2.24, 2.45) is 10.1 Å². The molecule has 2 nitrogen and oxygen atoms in total. The normalized spacial score (nSPS) is 12.5. The van der Waals surface area contributed by atoms with Gasteiger partial charge in [0, 0.05) is 0 Å². The Morgan fingerprint density at radius 3 is 3.00 bits per heavy atom. The van der Waals surface area contributed by atoms with E-state index < -0.39 is 0 Å². The Kier molecular flexibility index (Phi) is 3.99. The molecule has 1 atom stereocenters. The average molecular weight is 194 g/mol. The fourth-order valence-corrected chi connectivity index (χ4v) is 1.66. The van der Waals surface area contributed by atoms with Gasteiger partial charge in [-0.15, -0.1) is 0 Å². The molecule has 3 heteroatoms. The first-order chi connectivity index (χ1) is 6.22. The van der Waals surface area contributed by atoms with Gasteiger partial charge in [0.15, 0.2) is 0 Å². The lowest BCUT2D eigenvalue weighted by Crippen LogP contribution is -2.17. The van der Waals surface area contributed by atoms with Crippen LogP contribution in [-0.4, -0.2) is 12.1 Å². The monoisotopic (exact) mass is 194 g/mol. The Bertz CT molecular complexity index is 286. The Balaban J connectivity index is 2.58. The first-order valence-electron chi connectivity index (χ1n) is 4.15. The van der Waals surface area contributed by atoms with Gasteiger partial charge in [0.25, 0.3) is 0 Å². The van der Waals surface area contributed by atoms with Crippen LogP contribution in [0.2, 0.25) is 0 Å². The van der Waals surface area contributed by atoms with Gasteiger partial charge in [0.2, 0.25) is 0 Å². The molecule has 0 heterocycles. The fraction of sp³-hybridized carbons (Fsp3) is 0.300. The molecule has 0 aromatic heterocycles. The summed E-state index contributed by atoms with van der Waals surface area (Å²) in [5.74, 6) is 0. The van der Waals surface area contributed by atoms with Gasteiger partial charge in [-0.25, -0.2) is 4.40 Å². The Morgan fingerprint density at radius 1 is 1.62 bits per heavy atom. The van der Waals surface area contributed by atoms with Crippen LogP contribution in [0, 0.1) is 6.92 Å². The van der Waals surface area contributed by atoms with Gasteiger partial charge in [-0.05, 0) is 37.6 Å². The predicted octanol–water partition coefficient (Wildman–Crippen LogP) is 2.17. The molecule has 0 bridgehead atoms. The quantitative estimate of drug-likeness (QED) is 0.453. The van der Waals surface area contributed by atoms with Crippen molar-refractivity contribution in [2.75, 3.05) is 0 Å². The summed E-state index contributed by atoms with van der Waals surface area (Å²) in [5, 5.41) is 0.0132. The van der Waals surface area contributed by atoms with Crippen molar-refractivity contribution in [3.63, 3.8) is 0 Å². The molecule has 13 heavy (non-hydrogen) atoms. The zero-order valence-corrected chi connectivity index (χ0v) is 8.55. The van der Waals surface area contributed by atoms with Crippen LogP contribution < -0.4 is 5.73 Å². The highest BCUT2D eigenvalue weighted by Gasteiger charge is 2.02. The number of hydrogen-bond acceptors (Lipinski definition) is 3. The summed E-state index contributed by atoms with van der Waals surface area (Å²) in [4.78, 5) is 0. The maximum atomic E-state index is 5.80. The number of hydrogen-bond donors (Lipinski definition) is 1. The number of benzene rings is 1. The first kappa shape index (κ1) is 10.3. The molecule has 0 radical (unpaired) electrons. The summed E-state index contributed by atoms with van der Waals surface area (Å²) in [5.41, 5.74) is 8.31. The molecular formula is C10H14N2S. The topological polar surface area (TPSA) is 38.4 Å². The highest BCUT2D eigenvalue weighted by Crippen LogP contribution is 2.13. The van der Waals surface area contributed by atoms with Crippen molar-refractivity contribution < 1.29 is 0 Å². The third kappa shape index (κ3) is 3.61. The largest absolute Gasteiger partial charge is 0.318 e. The van der Waals surface area contributed by atoms with Crippen molar-refractivity contribution in [3.05, 3.63) is 35.4 Å². The molecule has 2 N–H and O–H groups in total. The van der Waals surface area contributed by atoms with Crippen LogP contribution >= 0.6 is 11.9 Å². The van der Waals surface area contributed by atoms with Crippen LogP contribution in [0.15, 0.2) is 28.7 Å². The molecule has 1 aromatic carbocycles. The molecule has 0 spiro atoms. The molecule has 0 amide bonds. The van der Waals surface area contributed by atoms with E-state index in [1.165, 1.54) is 23.1 Å². The number of nitrogens with two attached hydrogens (primary N) is 1. The van der Waals surface area contributed by atoms with E-state index >= 15 is 0 Å². The summed E-state index contributed by atoms with van der Waals surface area (Å²) in [6, 6.07) is 8.34. The number of rotatable bonds is 4. The SMILES string of the molecule is C=NSC(N)Cc1cccc(C)c1. The minimum atomic E-state index is 0.0132. The van der Waals surface area contributed by atoms with Gasteiger partial charge in [-0.1, -0.05) is 29.8 Å². The molecule has 70 valence electrons. The van der Waals surface area contributed by atoms with Crippen LogP contribution in [0.3, 0.4) is 0 Å². The molecule has 1 aromatic rings. The standard InChI is InChI=1S/C10H14N2S/c1-8-4-3-5-9(6-8)7-10(11)13-12-2/h3-6,10H,2,7,11H2,1H3. The Morgan fingerprint density at radius 2 is 2.38 bits per heavy atom. The molecule has 0 aliphatic carbocycles. The van der Waals surface area contributed by atoms with Crippen LogP contribution in [-0.2, 0) is 6.42 Å². The highest BCUT2D eigenvalue weighted by atomic mass is 32.2. The second kappa shape index (κ2) is 5.04. The average Bonchev–Trinajstić information content (AvgIpc) is 2.04. The molecule has 0 saturated carbocycles. The van der Waals surface area contributed by atoms with E-state index in [2.05, 4.69) is 36.2 Å². The van der Waals surface area contributed by atoms with E-state index in [1.807, 2.05) is 6.07 Å². The highest BCUT2D eigenvalue weighted by molar-refractivity contribution is 7.98. The maximum absolute atomic E-state index is 5.80. The van der Waals surface area contributed by atoms with Crippen LogP contribution in [0.1, 0.15) is 11.1 Å². The fourth-order valence-electron chi connectivity index (χ4n) is 1.20. The van der Waals surface area contributed by atoms with Crippen molar-refractivity contribution in [3.8, 4) is 0 Å². The van der Waals surface area contributed by atoms with Gasteiger partial charge in [0.05, 0.1) is 5.37 Å². The van der Waals surface area contributed by atoms with E-state index in [0.717, 1.165) is 6.42 Å². The van der Waals surface area contributed by atoms with Crippen LogP contribution in [0.25, 0.3) is 0 Å². The number of nitrogens with zero attached hydrogens (tertiary/aromatic N) is 1. The first-order valence-corrected chi connectivity index (χ1v) is 4.99. The summed E-state index contributed by atoms with van der Waals surface area (Å²) >= 11 is 1.32. The minimum Gasteiger partial charge on any atom is -0.318 e. The molecule has 0 fully saturated rings. The molecule has 1 rings (SSSR count). The van der Waals surface area contributed by atoms with Gasteiger partial charge in [-0.2, -0.15) is 0 Å². The lowest BCUT2D eigenvalue weighted by molar-refractivity contribution is 0.901. The lowest BCUT2D eigenvalue weighted by Gasteiger charge is -2.07. The lowest BCUT2D eigenvalue weighted by atomic mass is 10.1. The Labute approximate surface area is 83.4 Å². The smallest absolute Gasteiger partial charge is 0.0769 e. The molecule has 1 unspecified atom stereocenters. The summed E-state index contributed by atoms with van der Waals surface area (Å²) in [7, 11) is 0. The maximum Gasteiger partial charge on any atom is 0.0769 e. The van der Waals surface area contributed by atoms with Gasteiger partial charge < -0.3 is 5.73 Å². The van der Waals surface area contributed by atoms with Crippen molar-refractivity contribution >= 4 is 18.7 Å². The molecular weight excluding hydrogens is 180 g/mol. The summed E-state index contributed by atoms with van der Waals surface area (Å²) in [6.07, 6.45) is 0.839. The van der Waals surface area contributed by atoms with E-state index in [4.69, 9.17) is 5.73 Å². The number of aryl methyl sites for hydroxylation is 1. The van der Waals surface area contributed by atoms with Crippen LogP contribution in [0.5, 0.6) is 0 Å². The molecule has 0 saturated heterocycles. The van der Waals surface area contributed by atoms with Crippen molar-refractivity contribution in [2.45, 2.75) is 18.7 Å². The van der Waals surface area contributed by atoms with Crippen LogP contribution in [0.4, 0.5) is 0 Å². The van der Waals surface area contributed by atoms with Gasteiger partial charge in [-0.3, -0.25) is 0 Å². The van der Waals surface area contributed by atoms with E-state index in [-0.39, 0.29) is 5.37 Å². The van der Waals surface area contributed by atoms with Crippen molar-refractivity contribution in [1.82, 2.24) is 0 Å². The molecule has 0 aliphatic heterocycles. The van der Waals surface area contributed by atoms with Crippen molar-refractivity contribution in [1.29, 1.82) is 0 Å². The third-order valence-electron chi connectivity index (χ3n) is 1.73. The second-order valence-corrected chi connectivity index (χ2v) is 4.04. The van der Waals surface area contributed by atoms with E-state index in [0.29, 0.717) is 0 Å². The zero-order valence-electron chi connectivity index (χ0n) is 7.73. The minimum absolute atomic E-state index is 0.0132. The second-order valence-electron chi connectivity index (χ2n) is 2.97. The Hall–Kier alpha value is -0.800. The summed E-state index contributed by atoms with van der Waals surface area (Å²) < 4.78 is 3.70. The van der Waals surface area contributed by atoms with E-state index in [9.17, 15) is 0 Å².